The number of carbonyl (C=O) groups is 1. The molecule has 2 aromatic rings. The van der Waals surface area contributed by atoms with Crippen LogP contribution in [-0.4, -0.2) is 33.7 Å². The Hall–Kier alpha value is -2.67. The highest BCUT2D eigenvalue weighted by atomic mass is 19.1. The van der Waals surface area contributed by atoms with Crippen LogP contribution in [-0.2, 0) is 11.3 Å². The fraction of sp³-hybridized carbons (Fsp3) is 0.316. The molecule has 1 amide bonds. The SMILES string of the molecule is COc1cc(C)c(C[NH+](C)CC(=O)Nc2ccc(F)cc2F)cc1OC. The minimum Gasteiger partial charge on any atom is -0.493 e. The van der Waals surface area contributed by atoms with E-state index < -0.39 is 11.6 Å². The lowest BCUT2D eigenvalue weighted by atomic mass is 10.1. The standard InChI is InChI=1S/C19H22F2N2O3/c1-12-7-17(25-3)18(26-4)8-13(12)10-23(2)11-19(24)22-16-6-5-14(20)9-15(16)21/h5-9H,10-11H2,1-4H3,(H,22,24)/p+1. The summed E-state index contributed by atoms with van der Waals surface area (Å²) in [5.74, 6) is -0.570. The minimum absolute atomic E-state index is 0.0357. The summed E-state index contributed by atoms with van der Waals surface area (Å²) in [6.07, 6.45) is 0. The second kappa shape index (κ2) is 8.62. The van der Waals surface area contributed by atoms with Crippen LogP contribution in [0.2, 0.25) is 0 Å². The van der Waals surface area contributed by atoms with Gasteiger partial charge < -0.3 is 19.7 Å². The van der Waals surface area contributed by atoms with E-state index in [2.05, 4.69) is 5.32 Å². The van der Waals surface area contributed by atoms with E-state index in [1.807, 2.05) is 26.1 Å². The topological polar surface area (TPSA) is 52.0 Å². The maximum absolute atomic E-state index is 13.6. The van der Waals surface area contributed by atoms with E-state index in [1.165, 1.54) is 6.07 Å². The summed E-state index contributed by atoms with van der Waals surface area (Å²) in [7, 11) is 5.00. The van der Waals surface area contributed by atoms with Crippen LogP contribution in [0.15, 0.2) is 30.3 Å². The van der Waals surface area contributed by atoms with Crippen molar-refractivity contribution in [2.24, 2.45) is 0 Å². The zero-order valence-corrected chi connectivity index (χ0v) is 15.3. The fourth-order valence-electron chi connectivity index (χ4n) is 2.66. The van der Waals surface area contributed by atoms with E-state index in [4.69, 9.17) is 9.47 Å². The normalized spacial score (nSPS) is 11.8. The van der Waals surface area contributed by atoms with Gasteiger partial charge in [-0.1, -0.05) is 0 Å². The predicted octanol–water partition coefficient (Wildman–Crippen LogP) is 1.94. The molecule has 140 valence electrons. The second-order valence-electron chi connectivity index (χ2n) is 6.12. The molecule has 1 atom stereocenters. The molecule has 5 nitrogen and oxygen atoms in total. The van der Waals surface area contributed by atoms with Crippen LogP contribution in [0.4, 0.5) is 14.5 Å². The third-order valence-electron chi connectivity index (χ3n) is 4.00. The van der Waals surface area contributed by atoms with Gasteiger partial charge >= 0.3 is 0 Å². The van der Waals surface area contributed by atoms with Crippen molar-refractivity contribution in [3.8, 4) is 11.5 Å². The number of likely N-dealkylation sites (N-methyl/N-ethyl adjacent to an activating group) is 1. The number of anilines is 1. The zero-order valence-electron chi connectivity index (χ0n) is 15.3. The van der Waals surface area contributed by atoms with Crippen LogP contribution in [0.25, 0.3) is 0 Å². The van der Waals surface area contributed by atoms with Crippen molar-refractivity contribution in [3.63, 3.8) is 0 Å². The number of carbonyl (C=O) groups excluding carboxylic acids is 1. The van der Waals surface area contributed by atoms with Crippen LogP contribution in [0.5, 0.6) is 11.5 Å². The van der Waals surface area contributed by atoms with Gasteiger partial charge in [-0.15, -0.1) is 0 Å². The smallest absolute Gasteiger partial charge is 0.279 e. The van der Waals surface area contributed by atoms with Crippen molar-refractivity contribution in [1.29, 1.82) is 0 Å². The number of rotatable bonds is 7. The van der Waals surface area contributed by atoms with E-state index in [-0.39, 0.29) is 18.1 Å². The third kappa shape index (κ3) is 4.92. The van der Waals surface area contributed by atoms with Gasteiger partial charge in [-0.3, -0.25) is 4.79 Å². The minimum atomic E-state index is -0.799. The average molecular weight is 365 g/mol. The number of nitrogens with one attached hydrogen (secondary N) is 2. The van der Waals surface area contributed by atoms with Gasteiger partial charge in [0.15, 0.2) is 18.0 Å². The number of quaternary nitrogens is 1. The van der Waals surface area contributed by atoms with E-state index >= 15 is 0 Å². The van der Waals surface area contributed by atoms with Crippen molar-refractivity contribution in [2.45, 2.75) is 13.5 Å². The Labute approximate surface area is 151 Å². The first-order chi connectivity index (χ1) is 12.3. The number of benzene rings is 2. The zero-order chi connectivity index (χ0) is 19.3. The van der Waals surface area contributed by atoms with Crippen molar-refractivity contribution in [2.75, 3.05) is 33.1 Å². The van der Waals surface area contributed by atoms with Gasteiger partial charge in [0, 0.05) is 11.6 Å². The largest absolute Gasteiger partial charge is 0.493 e. The molecule has 0 aliphatic heterocycles. The summed E-state index contributed by atoms with van der Waals surface area (Å²) in [4.78, 5) is 13.0. The number of hydrogen-bond donors (Lipinski definition) is 2. The van der Waals surface area contributed by atoms with Crippen molar-refractivity contribution >= 4 is 11.6 Å². The highest BCUT2D eigenvalue weighted by Gasteiger charge is 2.16. The average Bonchev–Trinajstić information content (AvgIpc) is 2.58. The highest BCUT2D eigenvalue weighted by molar-refractivity contribution is 5.91. The molecular weight excluding hydrogens is 342 g/mol. The lowest BCUT2D eigenvalue weighted by molar-refractivity contribution is -0.885. The first kappa shape index (κ1) is 19.7. The Balaban J connectivity index is 2.01. The predicted molar refractivity (Wildman–Crippen MR) is 94.7 cm³/mol. The quantitative estimate of drug-likeness (QED) is 0.789. The molecule has 26 heavy (non-hydrogen) atoms. The first-order valence-corrected chi connectivity index (χ1v) is 8.11. The number of aryl methyl sites for hydroxylation is 1. The van der Waals surface area contributed by atoms with Gasteiger partial charge in [-0.2, -0.15) is 0 Å². The van der Waals surface area contributed by atoms with Crippen LogP contribution in [0.1, 0.15) is 11.1 Å². The number of ether oxygens (including phenoxy) is 2. The molecule has 2 N–H and O–H groups in total. The Morgan fingerprint density at radius 2 is 1.77 bits per heavy atom. The summed E-state index contributed by atoms with van der Waals surface area (Å²) < 4.78 is 37.1. The van der Waals surface area contributed by atoms with E-state index in [9.17, 15) is 13.6 Å². The van der Waals surface area contributed by atoms with Gasteiger partial charge in [0.05, 0.1) is 27.0 Å². The Bertz CT molecular complexity index is 797. The fourth-order valence-corrected chi connectivity index (χ4v) is 2.66. The summed E-state index contributed by atoms with van der Waals surface area (Å²) in [6.45, 7) is 2.66. The van der Waals surface area contributed by atoms with Gasteiger partial charge in [0.25, 0.3) is 5.91 Å². The van der Waals surface area contributed by atoms with Crippen LogP contribution in [0.3, 0.4) is 0 Å². The van der Waals surface area contributed by atoms with Crippen LogP contribution < -0.4 is 19.7 Å². The van der Waals surface area contributed by atoms with Gasteiger partial charge in [0.2, 0.25) is 0 Å². The maximum atomic E-state index is 13.6. The molecule has 0 aliphatic carbocycles. The molecule has 0 spiro atoms. The maximum Gasteiger partial charge on any atom is 0.279 e. The Kier molecular flexibility index (Phi) is 6.52. The third-order valence-corrected chi connectivity index (χ3v) is 4.00. The molecule has 0 saturated heterocycles. The van der Waals surface area contributed by atoms with Crippen LogP contribution >= 0.6 is 0 Å². The molecule has 0 aromatic heterocycles. The number of methoxy groups -OCH3 is 2. The van der Waals surface area contributed by atoms with Gasteiger partial charge in [-0.05, 0) is 36.8 Å². The summed E-state index contributed by atoms with van der Waals surface area (Å²) in [5, 5.41) is 2.46. The monoisotopic (exact) mass is 365 g/mol. The molecule has 0 heterocycles. The van der Waals surface area contributed by atoms with Crippen molar-refractivity contribution < 1.29 is 27.9 Å². The first-order valence-electron chi connectivity index (χ1n) is 8.11. The van der Waals surface area contributed by atoms with Crippen LogP contribution in [0, 0.1) is 18.6 Å². The molecule has 1 unspecified atom stereocenters. The molecular formula is C19H23F2N2O3+. The van der Waals surface area contributed by atoms with Crippen molar-refractivity contribution in [1.82, 2.24) is 0 Å². The van der Waals surface area contributed by atoms with Gasteiger partial charge in [-0.25, -0.2) is 8.78 Å². The molecule has 0 fully saturated rings. The number of hydrogen-bond acceptors (Lipinski definition) is 3. The summed E-state index contributed by atoms with van der Waals surface area (Å²) in [6, 6.07) is 6.81. The molecule has 0 saturated carbocycles. The highest BCUT2D eigenvalue weighted by Crippen LogP contribution is 2.29. The lowest BCUT2D eigenvalue weighted by Crippen LogP contribution is -3.08. The summed E-state index contributed by atoms with van der Waals surface area (Å²) in [5.41, 5.74) is 2.00. The Morgan fingerprint density at radius 1 is 1.12 bits per heavy atom. The Morgan fingerprint density at radius 3 is 2.38 bits per heavy atom. The molecule has 0 bridgehead atoms. The van der Waals surface area contributed by atoms with E-state index in [0.717, 1.165) is 28.2 Å². The molecule has 2 aromatic carbocycles. The summed E-state index contributed by atoms with van der Waals surface area (Å²) >= 11 is 0. The second-order valence-corrected chi connectivity index (χ2v) is 6.12. The van der Waals surface area contributed by atoms with Gasteiger partial charge in [0.1, 0.15) is 18.2 Å². The molecule has 7 heteroatoms. The molecule has 0 radical (unpaired) electrons. The van der Waals surface area contributed by atoms with E-state index in [1.54, 1.807) is 14.2 Å². The van der Waals surface area contributed by atoms with E-state index in [0.29, 0.717) is 18.0 Å². The lowest BCUT2D eigenvalue weighted by Gasteiger charge is -2.17. The van der Waals surface area contributed by atoms with Crippen molar-refractivity contribution in [3.05, 3.63) is 53.1 Å². The molecule has 0 aliphatic rings. The number of amides is 1. The number of halogens is 2. The molecule has 2 rings (SSSR count).